The number of aryl methyl sites for hydroxylation is 2. The van der Waals surface area contributed by atoms with Gasteiger partial charge in [0.15, 0.2) is 0 Å². The molecule has 3 aromatic rings. The van der Waals surface area contributed by atoms with E-state index >= 15 is 0 Å². The van der Waals surface area contributed by atoms with Crippen LogP contribution in [0.5, 0.6) is 0 Å². The Labute approximate surface area is 300 Å². The molecule has 0 aliphatic carbocycles. The monoisotopic (exact) mass is 773 g/mol. The van der Waals surface area contributed by atoms with Crippen LogP contribution in [0, 0.1) is 13.8 Å². The molecule has 0 fully saturated rings. The molecule has 2 N–H and O–H groups in total. The summed E-state index contributed by atoms with van der Waals surface area (Å²) in [4.78, 5) is 7.19. The van der Waals surface area contributed by atoms with Gasteiger partial charge in [0, 0.05) is 50.3 Å². The number of aromatic nitrogens is 1. The number of halogens is 2. The van der Waals surface area contributed by atoms with Crippen LogP contribution < -0.4 is 44.6 Å². The number of anilines is 2. The third-order valence-electron chi connectivity index (χ3n) is 7.97. The molecule has 0 aliphatic rings. The molecule has 1 aromatic heterocycles. The summed E-state index contributed by atoms with van der Waals surface area (Å²) in [6, 6.07) is 15.7. The number of nitrogens with zero attached hydrogens (tertiary/aromatic N) is 2. The first-order valence-corrected chi connectivity index (χ1v) is 15.9. The fourth-order valence-corrected chi connectivity index (χ4v) is 5.76. The number of nitrogens with one attached hydrogen (secondary N) is 2. The summed E-state index contributed by atoms with van der Waals surface area (Å²) >= 11 is 0. The van der Waals surface area contributed by atoms with E-state index in [1.54, 1.807) is 0 Å². The predicted octanol–water partition coefficient (Wildman–Crippen LogP) is 3.61. The van der Waals surface area contributed by atoms with Crippen molar-refractivity contribution in [1.82, 2.24) is 9.88 Å². The smallest absolute Gasteiger partial charge is 1.00 e. The van der Waals surface area contributed by atoms with Gasteiger partial charge in [-0.2, -0.15) is 0 Å². The van der Waals surface area contributed by atoms with Gasteiger partial charge in [-0.3, -0.25) is 9.88 Å². The average molecular weight is 776 g/mol. The van der Waals surface area contributed by atoms with E-state index in [0.29, 0.717) is 23.7 Å². The Balaban J connectivity index is 0.00000616. The Morgan fingerprint density at radius 3 is 1.45 bits per heavy atom. The van der Waals surface area contributed by atoms with Crippen LogP contribution in [0.15, 0.2) is 48.7 Å². The van der Waals surface area contributed by atoms with E-state index in [2.05, 4.69) is 126 Å². The molecule has 0 saturated heterocycles. The van der Waals surface area contributed by atoms with Crippen molar-refractivity contribution in [2.75, 3.05) is 36.8 Å². The number of rotatable bonds is 15. The molecule has 0 amide bonds. The van der Waals surface area contributed by atoms with Gasteiger partial charge < -0.3 is 44.6 Å². The molecule has 3 rings (SSSR count). The van der Waals surface area contributed by atoms with Crippen molar-refractivity contribution in [1.29, 1.82) is 0 Å². The first-order chi connectivity index (χ1) is 19.5. The van der Waals surface area contributed by atoms with E-state index in [1.165, 1.54) is 44.8 Å². The maximum atomic E-state index is 4.64. The molecule has 2 aromatic carbocycles. The third-order valence-corrected chi connectivity index (χ3v) is 7.97. The van der Waals surface area contributed by atoms with Crippen molar-refractivity contribution in [2.24, 2.45) is 0 Å². The summed E-state index contributed by atoms with van der Waals surface area (Å²) in [6.45, 7) is 27.6. The molecular formula is C37H56Br2CoN4. The molecule has 0 atom stereocenters. The van der Waals surface area contributed by atoms with Crippen molar-refractivity contribution in [3.8, 4) is 0 Å². The van der Waals surface area contributed by atoms with Gasteiger partial charge in [0.1, 0.15) is 0 Å². The van der Waals surface area contributed by atoms with Crippen LogP contribution in [-0.2, 0) is 23.3 Å². The molecule has 1 heterocycles. The number of benzene rings is 2. The topological polar surface area (TPSA) is 40.2 Å². The van der Waals surface area contributed by atoms with Gasteiger partial charge in [0.05, 0.1) is 5.69 Å². The fraction of sp³-hybridized carbons (Fsp3) is 0.541. The second kappa shape index (κ2) is 20.7. The van der Waals surface area contributed by atoms with Crippen LogP contribution in [0.25, 0.3) is 0 Å². The Bertz CT molecular complexity index is 1190. The van der Waals surface area contributed by atoms with Gasteiger partial charge >= 0.3 is 16.8 Å². The molecule has 0 unspecified atom stereocenters. The molecule has 247 valence electrons. The molecule has 44 heavy (non-hydrogen) atoms. The van der Waals surface area contributed by atoms with Crippen LogP contribution >= 0.6 is 0 Å². The summed E-state index contributed by atoms with van der Waals surface area (Å²) in [5, 5.41) is 7.73. The molecular weight excluding hydrogens is 719 g/mol. The van der Waals surface area contributed by atoms with Gasteiger partial charge in [0.2, 0.25) is 0 Å². The van der Waals surface area contributed by atoms with E-state index < -0.39 is 0 Å². The maximum absolute atomic E-state index is 4.64. The van der Waals surface area contributed by atoms with E-state index in [4.69, 9.17) is 0 Å². The summed E-state index contributed by atoms with van der Waals surface area (Å²) < 4.78 is 0. The largest absolute Gasteiger partial charge is 2.00 e. The molecule has 0 bridgehead atoms. The van der Waals surface area contributed by atoms with Crippen LogP contribution in [-0.4, -0.2) is 36.1 Å². The standard InChI is InChI=1S/C37H56N4.2BrH.Co/c1-25(2)32-20-29(9)21-33(26(3)4)36(32)39-16-13-18-41(24-31-14-11-12-15-38-31)19-17-40-37-34(27(5)6)22-30(10)23-35(37)28(7)8;;;/h11-12,14-15,20-23,25-28,39-40H,13,16-19,24H2,1-10H3;2*1H;/q;;;+2/p-2. The average Bonchev–Trinajstić information content (AvgIpc) is 2.91. The van der Waals surface area contributed by atoms with Gasteiger partial charge in [-0.05, 0) is 78.3 Å². The quantitative estimate of drug-likeness (QED) is 0.232. The predicted molar refractivity (Wildman–Crippen MR) is 180 cm³/mol. The van der Waals surface area contributed by atoms with Gasteiger partial charge in [-0.15, -0.1) is 0 Å². The Kier molecular flexibility index (Phi) is 20.0. The summed E-state index contributed by atoms with van der Waals surface area (Å²) in [7, 11) is 0. The van der Waals surface area contributed by atoms with E-state index in [9.17, 15) is 0 Å². The first kappa shape index (κ1) is 42.6. The van der Waals surface area contributed by atoms with Crippen LogP contribution in [0.3, 0.4) is 0 Å². The maximum Gasteiger partial charge on any atom is 2.00 e. The Hall–Kier alpha value is -1.38. The Morgan fingerprint density at radius 2 is 1.07 bits per heavy atom. The summed E-state index contributed by atoms with van der Waals surface area (Å²) in [6.07, 6.45) is 2.98. The van der Waals surface area contributed by atoms with Gasteiger partial charge in [-0.25, -0.2) is 0 Å². The van der Waals surface area contributed by atoms with Crippen molar-refractivity contribution in [3.05, 3.63) is 87.7 Å². The minimum absolute atomic E-state index is 0. The number of hydrogen-bond acceptors (Lipinski definition) is 4. The molecule has 0 saturated carbocycles. The van der Waals surface area contributed by atoms with E-state index in [-0.39, 0.29) is 50.7 Å². The van der Waals surface area contributed by atoms with Crippen molar-refractivity contribution in [2.45, 2.75) is 106 Å². The third kappa shape index (κ3) is 12.4. The first-order valence-electron chi connectivity index (χ1n) is 15.9. The minimum atomic E-state index is 0. The number of pyridine rings is 1. The zero-order valence-corrected chi connectivity index (χ0v) is 32.9. The van der Waals surface area contributed by atoms with Crippen molar-refractivity contribution in [3.63, 3.8) is 0 Å². The zero-order valence-electron chi connectivity index (χ0n) is 28.7. The SMILES string of the molecule is Cc1cc(C(C)C)c(NCCCN(CCNc2c(C(C)C)cc(C)cc2C(C)C)Cc2ccccn2)c(C(C)C)c1.[Br-].[Br-].[Co+2]. The molecule has 0 aliphatic heterocycles. The van der Waals surface area contributed by atoms with Crippen molar-refractivity contribution < 1.29 is 50.7 Å². The summed E-state index contributed by atoms with van der Waals surface area (Å²) in [5.74, 6) is 1.96. The second-order valence-electron chi connectivity index (χ2n) is 13.1. The molecule has 0 spiro atoms. The van der Waals surface area contributed by atoms with Crippen LogP contribution in [0.2, 0.25) is 0 Å². The second-order valence-corrected chi connectivity index (χ2v) is 13.1. The van der Waals surface area contributed by atoms with Crippen LogP contribution in [0.4, 0.5) is 11.4 Å². The molecule has 1 radical (unpaired) electrons. The van der Waals surface area contributed by atoms with E-state index in [0.717, 1.165) is 44.8 Å². The van der Waals surface area contributed by atoms with Crippen molar-refractivity contribution >= 4 is 11.4 Å². The zero-order chi connectivity index (χ0) is 30.1. The van der Waals surface area contributed by atoms with Gasteiger partial charge in [0.25, 0.3) is 0 Å². The van der Waals surface area contributed by atoms with Gasteiger partial charge in [-0.1, -0.05) is 96.8 Å². The van der Waals surface area contributed by atoms with Crippen LogP contribution in [0.1, 0.15) is 125 Å². The summed E-state index contributed by atoms with van der Waals surface area (Å²) in [5.41, 5.74) is 12.2. The van der Waals surface area contributed by atoms with E-state index in [1.807, 2.05) is 12.3 Å². The minimum Gasteiger partial charge on any atom is -1.00 e. The number of hydrogen-bond donors (Lipinski definition) is 2. The normalized spacial score (nSPS) is 11.1. The molecule has 7 heteroatoms. The molecule has 4 nitrogen and oxygen atoms in total. The fourth-order valence-electron chi connectivity index (χ4n) is 5.76. The Morgan fingerprint density at radius 1 is 0.636 bits per heavy atom.